The van der Waals surface area contributed by atoms with Crippen LogP contribution >= 0.6 is 0 Å². The molecule has 0 bridgehead atoms. The minimum Gasteiger partial charge on any atom is -0.468 e. The van der Waals surface area contributed by atoms with Crippen LogP contribution in [0.15, 0.2) is 16.7 Å². The van der Waals surface area contributed by atoms with E-state index in [9.17, 15) is 0 Å². The van der Waals surface area contributed by atoms with Crippen LogP contribution in [-0.4, -0.2) is 40.1 Å². The van der Waals surface area contributed by atoms with Crippen molar-refractivity contribution in [3.05, 3.63) is 23.7 Å². The zero-order valence-corrected chi connectivity index (χ0v) is 12.7. The molecule has 1 aromatic rings. The molecule has 0 saturated carbocycles. The highest BCUT2D eigenvalue weighted by molar-refractivity contribution is 5.15. The van der Waals surface area contributed by atoms with E-state index >= 15 is 0 Å². The van der Waals surface area contributed by atoms with Gasteiger partial charge < -0.3 is 23.9 Å². The maximum Gasteiger partial charge on any atom is 0.123 e. The summed E-state index contributed by atoms with van der Waals surface area (Å²) < 4.78 is 21.4. The molecule has 0 aliphatic heterocycles. The quantitative estimate of drug-likeness (QED) is 0.564. The fourth-order valence-electron chi connectivity index (χ4n) is 1.72. The maximum atomic E-state index is 5.63. The van der Waals surface area contributed by atoms with Crippen LogP contribution in [0, 0.1) is 0 Å². The molecule has 0 atom stereocenters. The fraction of sp³-hybridized carbons (Fsp3) is 0.733. The molecular weight excluding hydrogens is 258 g/mol. The lowest BCUT2D eigenvalue weighted by atomic mass is 10.2. The zero-order chi connectivity index (χ0) is 14.5. The van der Waals surface area contributed by atoms with Gasteiger partial charge in [-0.15, -0.1) is 0 Å². The molecule has 5 nitrogen and oxygen atoms in total. The first-order valence-electron chi connectivity index (χ1n) is 7.28. The number of ether oxygens (including phenoxy) is 3. The predicted octanol–water partition coefficient (Wildman–Crippen LogP) is 2.35. The highest BCUT2D eigenvalue weighted by Gasteiger charge is 2.05. The monoisotopic (exact) mass is 285 g/mol. The van der Waals surface area contributed by atoms with Gasteiger partial charge in [-0.3, -0.25) is 0 Å². The number of hydrogen-bond acceptors (Lipinski definition) is 5. The average Bonchev–Trinajstić information content (AvgIpc) is 2.90. The van der Waals surface area contributed by atoms with Crippen LogP contribution in [-0.2, 0) is 27.4 Å². The molecule has 0 radical (unpaired) electrons. The Morgan fingerprint density at radius 1 is 1.15 bits per heavy atom. The Labute approximate surface area is 121 Å². The van der Waals surface area contributed by atoms with E-state index in [1.54, 1.807) is 13.4 Å². The van der Waals surface area contributed by atoms with E-state index in [2.05, 4.69) is 12.2 Å². The second-order valence-corrected chi connectivity index (χ2v) is 4.56. The third kappa shape index (κ3) is 7.65. The maximum absolute atomic E-state index is 5.63. The lowest BCUT2D eigenvalue weighted by Gasteiger charge is -2.06. The molecule has 1 heterocycles. The van der Waals surface area contributed by atoms with Crippen molar-refractivity contribution in [2.24, 2.45) is 0 Å². The topological polar surface area (TPSA) is 52.9 Å². The largest absolute Gasteiger partial charge is 0.468 e. The van der Waals surface area contributed by atoms with Crippen molar-refractivity contribution in [1.29, 1.82) is 0 Å². The van der Waals surface area contributed by atoms with Gasteiger partial charge in [0.15, 0.2) is 0 Å². The summed E-state index contributed by atoms with van der Waals surface area (Å²) in [7, 11) is 1.67. The first kappa shape index (κ1) is 17.2. The van der Waals surface area contributed by atoms with E-state index in [4.69, 9.17) is 18.6 Å². The lowest BCUT2D eigenvalue weighted by molar-refractivity contribution is 0.0481. The van der Waals surface area contributed by atoms with Crippen LogP contribution < -0.4 is 5.32 Å². The number of nitrogens with one attached hydrogen (secondary N) is 1. The van der Waals surface area contributed by atoms with Crippen LogP contribution in [0.25, 0.3) is 0 Å². The van der Waals surface area contributed by atoms with E-state index in [1.165, 1.54) is 0 Å². The van der Waals surface area contributed by atoms with E-state index in [0.717, 1.165) is 37.3 Å². The van der Waals surface area contributed by atoms with Crippen molar-refractivity contribution in [3.8, 4) is 0 Å². The van der Waals surface area contributed by atoms with Crippen LogP contribution in [0.5, 0.6) is 0 Å². The average molecular weight is 285 g/mol. The van der Waals surface area contributed by atoms with Crippen LogP contribution in [0.1, 0.15) is 31.1 Å². The summed E-state index contributed by atoms with van der Waals surface area (Å²) in [4.78, 5) is 0. The second-order valence-electron chi connectivity index (χ2n) is 4.56. The van der Waals surface area contributed by atoms with Crippen LogP contribution in [0.3, 0.4) is 0 Å². The molecule has 20 heavy (non-hydrogen) atoms. The number of furan rings is 1. The van der Waals surface area contributed by atoms with Crippen molar-refractivity contribution < 1.29 is 18.6 Å². The van der Waals surface area contributed by atoms with Crippen molar-refractivity contribution >= 4 is 0 Å². The molecule has 0 unspecified atom stereocenters. The van der Waals surface area contributed by atoms with E-state index in [0.29, 0.717) is 33.0 Å². The van der Waals surface area contributed by atoms with Gasteiger partial charge in [0.05, 0.1) is 32.6 Å². The van der Waals surface area contributed by atoms with E-state index in [-0.39, 0.29) is 0 Å². The Morgan fingerprint density at radius 2 is 2.00 bits per heavy atom. The minimum absolute atomic E-state index is 0.595. The van der Waals surface area contributed by atoms with Crippen molar-refractivity contribution in [2.75, 3.05) is 40.1 Å². The van der Waals surface area contributed by atoms with Gasteiger partial charge >= 0.3 is 0 Å². The fourth-order valence-corrected chi connectivity index (χ4v) is 1.72. The standard InChI is InChI=1S/C15H27NO4/c1-3-6-16-12-15-14(5-9-20-15)13-19-8-4-7-18-11-10-17-2/h5,9,16H,3-4,6-8,10-13H2,1-2H3. The van der Waals surface area contributed by atoms with Crippen molar-refractivity contribution in [2.45, 2.75) is 32.9 Å². The molecule has 0 saturated heterocycles. The molecular formula is C15H27NO4. The molecule has 0 aliphatic rings. The molecule has 0 fully saturated rings. The SMILES string of the molecule is CCCNCc1occc1COCCCOCCOC. The lowest BCUT2D eigenvalue weighted by Crippen LogP contribution is -2.14. The van der Waals surface area contributed by atoms with Gasteiger partial charge in [0.2, 0.25) is 0 Å². The Balaban J connectivity index is 2.05. The molecule has 116 valence electrons. The molecule has 1 aromatic heterocycles. The van der Waals surface area contributed by atoms with E-state index in [1.807, 2.05) is 6.07 Å². The third-order valence-corrected chi connectivity index (χ3v) is 2.82. The Kier molecular flexibility index (Phi) is 10.2. The summed E-state index contributed by atoms with van der Waals surface area (Å²) in [5.41, 5.74) is 1.12. The first-order chi connectivity index (χ1) is 9.88. The molecule has 0 aliphatic carbocycles. The number of hydrogen-bond donors (Lipinski definition) is 1. The number of rotatable bonds is 13. The summed E-state index contributed by atoms with van der Waals surface area (Å²) >= 11 is 0. The summed E-state index contributed by atoms with van der Waals surface area (Å²) in [5, 5.41) is 3.33. The van der Waals surface area contributed by atoms with Gasteiger partial charge in [0, 0.05) is 25.9 Å². The first-order valence-corrected chi connectivity index (χ1v) is 7.28. The van der Waals surface area contributed by atoms with Gasteiger partial charge in [-0.1, -0.05) is 6.92 Å². The summed E-state index contributed by atoms with van der Waals surface area (Å²) in [6.45, 7) is 7.19. The third-order valence-electron chi connectivity index (χ3n) is 2.82. The van der Waals surface area contributed by atoms with Gasteiger partial charge in [-0.25, -0.2) is 0 Å². The molecule has 5 heteroatoms. The normalized spacial score (nSPS) is 11.1. The van der Waals surface area contributed by atoms with E-state index < -0.39 is 0 Å². The van der Waals surface area contributed by atoms with Crippen molar-refractivity contribution in [3.63, 3.8) is 0 Å². The Morgan fingerprint density at radius 3 is 2.80 bits per heavy atom. The molecule has 0 aromatic carbocycles. The Hall–Kier alpha value is -0.880. The molecule has 1 N–H and O–H groups in total. The molecule has 0 amide bonds. The Bertz CT molecular complexity index is 327. The molecule has 1 rings (SSSR count). The van der Waals surface area contributed by atoms with Crippen LogP contribution in [0.4, 0.5) is 0 Å². The van der Waals surface area contributed by atoms with Crippen molar-refractivity contribution in [1.82, 2.24) is 5.32 Å². The summed E-state index contributed by atoms with van der Waals surface area (Å²) in [6, 6.07) is 1.97. The summed E-state index contributed by atoms with van der Waals surface area (Å²) in [5.74, 6) is 0.967. The number of methoxy groups -OCH3 is 1. The minimum atomic E-state index is 0.595. The zero-order valence-electron chi connectivity index (χ0n) is 12.7. The molecule has 0 spiro atoms. The highest BCUT2D eigenvalue weighted by Crippen LogP contribution is 2.11. The van der Waals surface area contributed by atoms with Gasteiger partial charge in [0.1, 0.15) is 5.76 Å². The van der Waals surface area contributed by atoms with Gasteiger partial charge in [0.25, 0.3) is 0 Å². The predicted molar refractivity (Wildman–Crippen MR) is 77.7 cm³/mol. The second kappa shape index (κ2) is 11.9. The summed E-state index contributed by atoms with van der Waals surface area (Å²) in [6.07, 6.45) is 3.73. The van der Waals surface area contributed by atoms with Gasteiger partial charge in [-0.05, 0) is 25.5 Å². The van der Waals surface area contributed by atoms with Gasteiger partial charge in [-0.2, -0.15) is 0 Å². The highest BCUT2D eigenvalue weighted by atomic mass is 16.5. The smallest absolute Gasteiger partial charge is 0.123 e. The van der Waals surface area contributed by atoms with Crippen LogP contribution in [0.2, 0.25) is 0 Å².